The molecule has 0 unspecified atom stereocenters. The normalized spacial score (nSPS) is 26.5. The largest absolute Gasteiger partial charge is 0.497 e. The Morgan fingerprint density at radius 1 is 1.13 bits per heavy atom. The van der Waals surface area contributed by atoms with Gasteiger partial charge in [0.25, 0.3) is 0 Å². The number of carbonyl (C=O) groups excluding carboxylic acids is 2. The molecule has 2 amide bonds. The number of ether oxygens (including phenoxy) is 2. The topological polar surface area (TPSA) is 62.3 Å². The highest BCUT2D eigenvalue weighted by molar-refractivity contribution is 6.01. The molecular weight excluding hydrogens is 394 g/mol. The van der Waals surface area contributed by atoms with Crippen molar-refractivity contribution < 1.29 is 19.1 Å². The van der Waals surface area contributed by atoms with Crippen molar-refractivity contribution in [3.8, 4) is 11.5 Å². The Morgan fingerprint density at radius 3 is 2.71 bits per heavy atom. The van der Waals surface area contributed by atoms with E-state index in [1.165, 1.54) is 45.2 Å². The van der Waals surface area contributed by atoms with E-state index in [2.05, 4.69) is 4.90 Å². The van der Waals surface area contributed by atoms with Crippen LogP contribution in [-0.4, -0.2) is 75.1 Å². The highest BCUT2D eigenvalue weighted by Gasteiger charge is 2.39. The molecule has 3 fully saturated rings. The second-order valence-electron chi connectivity index (χ2n) is 9.16. The van der Waals surface area contributed by atoms with Crippen LogP contribution in [0, 0.1) is 11.8 Å². The summed E-state index contributed by atoms with van der Waals surface area (Å²) >= 11 is 0. The van der Waals surface area contributed by atoms with E-state index in [-0.39, 0.29) is 24.2 Å². The van der Waals surface area contributed by atoms with E-state index in [9.17, 15) is 9.59 Å². The summed E-state index contributed by atoms with van der Waals surface area (Å²) in [6, 6.07) is 6.02. The summed E-state index contributed by atoms with van der Waals surface area (Å²) in [6.07, 6.45) is 6.50. The second kappa shape index (κ2) is 9.47. The lowest BCUT2D eigenvalue weighted by Gasteiger charge is -2.45. The van der Waals surface area contributed by atoms with E-state index in [1.54, 1.807) is 25.2 Å². The predicted octanol–water partition coefficient (Wildman–Crippen LogP) is 2.78. The summed E-state index contributed by atoms with van der Waals surface area (Å²) < 4.78 is 10.7. The highest BCUT2D eigenvalue weighted by Crippen LogP contribution is 2.36. The van der Waals surface area contributed by atoms with Crippen molar-refractivity contribution in [3.63, 3.8) is 0 Å². The van der Waals surface area contributed by atoms with E-state index in [0.29, 0.717) is 35.7 Å². The molecular formula is C24H35N3O4. The Kier molecular flexibility index (Phi) is 6.70. The molecule has 170 valence electrons. The molecule has 0 bridgehead atoms. The first kappa shape index (κ1) is 21.9. The van der Waals surface area contributed by atoms with Crippen molar-refractivity contribution >= 4 is 17.5 Å². The van der Waals surface area contributed by atoms with Crippen LogP contribution in [0.1, 0.15) is 38.5 Å². The van der Waals surface area contributed by atoms with Crippen molar-refractivity contribution in [2.75, 3.05) is 52.3 Å². The van der Waals surface area contributed by atoms with Crippen LogP contribution in [0.3, 0.4) is 0 Å². The van der Waals surface area contributed by atoms with Crippen molar-refractivity contribution in [2.24, 2.45) is 11.8 Å². The third kappa shape index (κ3) is 4.52. The lowest BCUT2D eigenvalue weighted by atomic mass is 9.83. The Labute approximate surface area is 185 Å². The van der Waals surface area contributed by atoms with E-state index in [0.717, 1.165) is 6.54 Å². The van der Waals surface area contributed by atoms with Crippen LogP contribution in [0.4, 0.5) is 5.69 Å². The maximum atomic E-state index is 13.2. The van der Waals surface area contributed by atoms with Gasteiger partial charge < -0.3 is 24.2 Å². The third-order valence-corrected chi connectivity index (χ3v) is 7.27. The number of carbonyl (C=O) groups is 2. The first-order chi connectivity index (χ1) is 15.0. The number of anilines is 1. The van der Waals surface area contributed by atoms with E-state index < -0.39 is 0 Å². The number of hydrogen-bond donors (Lipinski definition) is 0. The number of amides is 2. The van der Waals surface area contributed by atoms with Crippen LogP contribution in [-0.2, 0) is 9.59 Å². The van der Waals surface area contributed by atoms with Gasteiger partial charge in [0.2, 0.25) is 11.8 Å². The van der Waals surface area contributed by atoms with E-state index in [1.807, 2.05) is 24.1 Å². The zero-order valence-corrected chi connectivity index (χ0v) is 19.0. The van der Waals surface area contributed by atoms with Gasteiger partial charge in [-0.2, -0.15) is 0 Å². The van der Waals surface area contributed by atoms with Gasteiger partial charge in [0.05, 0.1) is 25.8 Å². The number of fused-ring (bicyclic) bond motifs is 1. The van der Waals surface area contributed by atoms with Gasteiger partial charge in [-0.3, -0.25) is 9.59 Å². The summed E-state index contributed by atoms with van der Waals surface area (Å²) in [6.45, 7) is 3.59. The Morgan fingerprint density at radius 2 is 1.94 bits per heavy atom. The average molecular weight is 430 g/mol. The molecule has 3 atom stereocenters. The number of benzene rings is 1. The van der Waals surface area contributed by atoms with Crippen LogP contribution >= 0.6 is 0 Å². The summed E-state index contributed by atoms with van der Waals surface area (Å²) in [4.78, 5) is 32.2. The fourth-order valence-electron chi connectivity index (χ4n) is 5.66. The minimum Gasteiger partial charge on any atom is -0.497 e. The van der Waals surface area contributed by atoms with Crippen LogP contribution in [0.15, 0.2) is 18.2 Å². The van der Waals surface area contributed by atoms with Crippen LogP contribution in [0.2, 0.25) is 0 Å². The molecule has 1 aromatic carbocycles. The summed E-state index contributed by atoms with van der Waals surface area (Å²) in [5.41, 5.74) is 0.691. The standard InChI is InChI=1S/C24H35N3O4/c1-25(15-17-7-6-12-26-11-5-4-8-20(17)26)24(29)18-13-23(28)27(16-18)21-10-9-19(30-2)14-22(21)31-3/h9-10,14,17-18,20H,4-8,11-13,15-16H2,1-3H3/t17-,18-,20-/m1/s1. The molecule has 31 heavy (non-hydrogen) atoms. The smallest absolute Gasteiger partial charge is 0.227 e. The summed E-state index contributed by atoms with van der Waals surface area (Å²) in [7, 11) is 5.08. The zero-order valence-electron chi connectivity index (χ0n) is 19.0. The molecule has 1 aromatic rings. The number of rotatable bonds is 6. The lowest BCUT2D eigenvalue weighted by molar-refractivity contribution is -0.135. The summed E-state index contributed by atoms with van der Waals surface area (Å²) in [5.74, 6) is 1.52. The minimum atomic E-state index is -0.310. The molecule has 0 aromatic heterocycles. The summed E-state index contributed by atoms with van der Waals surface area (Å²) in [5, 5.41) is 0. The first-order valence-electron chi connectivity index (χ1n) is 11.5. The lowest BCUT2D eigenvalue weighted by Crippen LogP contribution is -2.51. The molecule has 0 N–H and O–H groups in total. The molecule has 3 aliphatic heterocycles. The molecule has 4 rings (SSSR count). The minimum absolute atomic E-state index is 0.0358. The van der Waals surface area contributed by atoms with E-state index >= 15 is 0 Å². The van der Waals surface area contributed by atoms with Crippen molar-refractivity contribution in [2.45, 2.75) is 44.6 Å². The Hall–Kier alpha value is -2.28. The molecule has 0 aliphatic carbocycles. The zero-order chi connectivity index (χ0) is 22.0. The molecule has 0 radical (unpaired) electrons. The van der Waals surface area contributed by atoms with E-state index in [4.69, 9.17) is 9.47 Å². The molecule has 0 spiro atoms. The number of piperidine rings is 2. The van der Waals surface area contributed by atoms with Gasteiger partial charge in [0.15, 0.2) is 0 Å². The number of nitrogens with zero attached hydrogens (tertiary/aromatic N) is 3. The highest BCUT2D eigenvalue weighted by atomic mass is 16.5. The van der Waals surface area contributed by atoms with Gasteiger partial charge >= 0.3 is 0 Å². The van der Waals surface area contributed by atoms with Crippen LogP contribution in [0.25, 0.3) is 0 Å². The van der Waals surface area contributed by atoms with Gasteiger partial charge in [-0.05, 0) is 56.8 Å². The third-order valence-electron chi connectivity index (χ3n) is 7.27. The predicted molar refractivity (Wildman–Crippen MR) is 120 cm³/mol. The maximum absolute atomic E-state index is 13.2. The SMILES string of the molecule is COc1ccc(N2C[C@H](C(=O)N(C)C[C@H]3CCCN4CCCC[C@H]34)CC2=O)c(OC)c1. The van der Waals surface area contributed by atoms with Gasteiger partial charge in [-0.1, -0.05) is 6.42 Å². The van der Waals surface area contributed by atoms with Gasteiger partial charge in [0, 0.05) is 38.7 Å². The van der Waals surface area contributed by atoms with Crippen molar-refractivity contribution in [3.05, 3.63) is 18.2 Å². The molecule has 0 saturated carbocycles. The van der Waals surface area contributed by atoms with Gasteiger partial charge in [-0.25, -0.2) is 0 Å². The van der Waals surface area contributed by atoms with Crippen molar-refractivity contribution in [1.82, 2.24) is 9.80 Å². The quantitative estimate of drug-likeness (QED) is 0.696. The monoisotopic (exact) mass is 429 g/mol. The molecule has 3 saturated heterocycles. The van der Waals surface area contributed by atoms with Gasteiger partial charge in [-0.15, -0.1) is 0 Å². The fourth-order valence-corrected chi connectivity index (χ4v) is 5.66. The Bertz CT molecular complexity index is 812. The van der Waals surface area contributed by atoms with Crippen LogP contribution < -0.4 is 14.4 Å². The first-order valence-corrected chi connectivity index (χ1v) is 11.5. The second-order valence-corrected chi connectivity index (χ2v) is 9.16. The van der Waals surface area contributed by atoms with Crippen LogP contribution in [0.5, 0.6) is 11.5 Å². The van der Waals surface area contributed by atoms with Crippen molar-refractivity contribution in [1.29, 1.82) is 0 Å². The van der Waals surface area contributed by atoms with Gasteiger partial charge in [0.1, 0.15) is 11.5 Å². The average Bonchev–Trinajstić information content (AvgIpc) is 3.19. The maximum Gasteiger partial charge on any atom is 0.227 e. The molecule has 3 heterocycles. The Balaban J connectivity index is 1.41. The fraction of sp³-hybridized carbons (Fsp3) is 0.667. The molecule has 7 heteroatoms. The number of methoxy groups -OCH3 is 2. The molecule has 3 aliphatic rings. The number of hydrogen-bond acceptors (Lipinski definition) is 5. The molecule has 7 nitrogen and oxygen atoms in total.